The predicted molar refractivity (Wildman–Crippen MR) is 111 cm³/mol. The third-order valence-corrected chi connectivity index (χ3v) is 5.85. The SMILES string of the molecule is Cc1nc(-c2cncnc2)sc1-c1cc2c(ccn2C)c(-c2ccccn2)n1. The van der Waals surface area contributed by atoms with E-state index in [0.29, 0.717) is 0 Å². The number of nitrogens with zero attached hydrogens (tertiary/aromatic N) is 6. The minimum atomic E-state index is 0.861. The maximum Gasteiger partial charge on any atom is 0.127 e. The Morgan fingerprint density at radius 1 is 1.00 bits per heavy atom. The molecular weight excluding hydrogens is 368 g/mol. The van der Waals surface area contributed by atoms with E-state index in [1.165, 1.54) is 6.33 Å². The molecule has 0 fully saturated rings. The highest BCUT2D eigenvalue weighted by Crippen LogP contribution is 2.37. The summed E-state index contributed by atoms with van der Waals surface area (Å²) < 4.78 is 2.11. The average molecular weight is 384 g/mol. The van der Waals surface area contributed by atoms with E-state index in [4.69, 9.17) is 9.97 Å². The molecule has 136 valence electrons. The molecule has 0 N–H and O–H groups in total. The van der Waals surface area contributed by atoms with Crippen LogP contribution >= 0.6 is 11.3 Å². The fraction of sp³-hybridized carbons (Fsp3) is 0.0952. The van der Waals surface area contributed by atoms with Gasteiger partial charge in [0.05, 0.1) is 33.2 Å². The smallest absolute Gasteiger partial charge is 0.127 e. The normalized spacial score (nSPS) is 11.2. The Hall–Kier alpha value is -3.45. The Kier molecular flexibility index (Phi) is 3.95. The molecule has 0 saturated carbocycles. The quantitative estimate of drug-likeness (QED) is 0.457. The van der Waals surface area contributed by atoms with Crippen LogP contribution in [0.5, 0.6) is 0 Å². The molecular formula is C21H16N6S. The summed E-state index contributed by atoms with van der Waals surface area (Å²) in [6.07, 6.45) is 8.93. The van der Waals surface area contributed by atoms with Gasteiger partial charge in [0.1, 0.15) is 11.3 Å². The molecule has 0 aliphatic heterocycles. The van der Waals surface area contributed by atoms with Crippen LogP contribution in [0.4, 0.5) is 0 Å². The van der Waals surface area contributed by atoms with E-state index in [0.717, 1.165) is 49.1 Å². The monoisotopic (exact) mass is 384 g/mol. The molecule has 0 atom stereocenters. The Balaban J connectivity index is 1.72. The summed E-state index contributed by atoms with van der Waals surface area (Å²) in [5.74, 6) is 0. The van der Waals surface area contributed by atoms with Gasteiger partial charge in [0.2, 0.25) is 0 Å². The van der Waals surface area contributed by atoms with Crippen molar-refractivity contribution in [3.8, 4) is 32.5 Å². The van der Waals surface area contributed by atoms with E-state index in [1.807, 2.05) is 32.2 Å². The van der Waals surface area contributed by atoms with Crippen molar-refractivity contribution in [2.75, 3.05) is 0 Å². The zero-order chi connectivity index (χ0) is 19.1. The van der Waals surface area contributed by atoms with Crippen molar-refractivity contribution in [1.29, 1.82) is 0 Å². The van der Waals surface area contributed by atoms with Gasteiger partial charge in [-0.05, 0) is 31.2 Å². The highest BCUT2D eigenvalue weighted by molar-refractivity contribution is 7.18. The zero-order valence-corrected chi connectivity index (χ0v) is 16.2. The van der Waals surface area contributed by atoms with Gasteiger partial charge in [-0.25, -0.2) is 19.9 Å². The molecule has 0 amide bonds. The van der Waals surface area contributed by atoms with Crippen LogP contribution in [0.15, 0.2) is 61.4 Å². The summed E-state index contributed by atoms with van der Waals surface area (Å²) in [5.41, 5.74) is 5.60. The van der Waals surface area contributed by atoms with Crippen LogP contribution in [0.2, 0.25) is 0 Å². The van der Waals surface area contributed by atoms with Gasteiger partial charge in [0.15, 0.2) is 0 Å². The van der Waals surface area contributed by atoms with Gasteiger partial charge in [-0.3, -0.25) is 4.98 Å². The Morgan fingerprint density at radius 2 is 1.86 bits per heavy atom. The van der Waals surface area contributed by atoms with Gasteiger partial charge < -0.3 is 4.57 Å². The Morgan fingerprint density at radius 3 is 2.64 bits per heavy atom. The van der Waals surface area contributed by atoms with Crippen LogP contribution in [0.3, 0.4) is 0 Å². The van der Waals surface area contributed by atoms with Crippen LogP contribution in [0, 0.1) is 6.92 Å². The van der Waals surface area contributed by atoms with E-state index in [2.05, 4.69) is 37.8 Å². The van der Waals surface area contributed by atoms with Gasteiger partial charge in [0, 0.05) is 42.8 Å². The maximum atomic E-state index is 4.99. The lowest BCUT2D eigenvalue weighted by atomic mass is 10.1. The van der Waals surface area contributed by atoms with E-state index in [1.54, 1.807) is 29.9 Å². The second kappa shape index (κ2) is 6.61. The first kappa shape index (κ1) is 16.7. The van der Waals surface area contributed by atoms with E-state index in [-0.39, 0.29) is 0 Å². The second-order valence-electron chi connectivity index (χ2n) is 6.49. The molecule has 0 aliphatic carbocycles. The third-order valence-electron chi connectivity index (χ3n) is 4.63. The molecule has 5 aromatic heterocycles. The third kappa shape index (κ3) is 2.76. The van der Waals surface area contributed by atoms with Crippen molar-refractivity contribution < 1.29 is 0 Å². The number of pyridine rings is 2. The highest BCUT2D eigenvalue weighted by Gasteiger charge is 2.17. The first-order valence-electron chi connectivity index (χ1n) is 8.81. The molecule has 0 radical (unpaired) electrons. The molecule has 5 rings (SSSR count). The molecule has 0 aliphatic rings. The van der Waals surface area contributed by atoms with Gasteiger partial charge in [-0.15, -0.1) is 11.3 Å². The van der Waals surface area contributed by atoms with Gasteiger partial charge >= 0.3 is 0 Å². The average Bonchev–Trinajstić information content (AvgIpc) is 3.32. The van der Waals surface area contributed by atoms with E-state index >= 15 is 0 Å². The van der Waals surface area contributed by atoms with Crippen LogP contribution < -0.4 is 0 Å². The first-order chi connectivity index (χ1) is 13.7. The van der Waals surface area contributed by atoms with Gasteiger partial charge in [-0.2, -0.15) is 0 Å². The number of thiazole rings is 1. The molecule has 7 heteroatoms. The minimum absolute atomic E-state index is 0.861. The molecule has 28 heavy (non-hydrogen) atoms. The standard InChI is InChI=1S/C21H16N6S/c1-13-20(28-21(25-13)14-10-22-12-23-11-14)17-9-18-15(6-8-27(18)2)19(26-17)16-5-3-4-7-24-16/h3-12H,1-2H3. The summed E-state index contributed by atoms with van der Waals surface area (Å²) in [7, 11) is 2.04. The topological polar surface area (TPSA) is 69.4 Å². The van der Waals surface area contributed by atoms with Crippen LogP contribution in [-0.2, 0) is 7.05 Å². The number of aromatic nitrogens is 6. The fourth-order valence-electron chi connectivity index (χ4n) is 3.25. The van der Waals surface area contributed by atoms with Crippen molar-refractivity contribution in [2.24, 2.45) is 7.05 Å². The zero-order valence-electron chi connectivity index (χ0n) is 15.4. The summed E-state index contributed by atoms with van der Waals surface area (Å²) in [6.45, 7) is 2.01. The highest BCUT2D eigenvalue weighted by atomic mass is 32.1. The maximum absolute atomic E-state index is 4.99. The lowest BCUT2D eigenvalue weighted by Crippen LogP contribution is -1.93. The Labute approximate surface area is 165 Å². The second-order valence-corrected chi connectivity index (χ2v) is 7.49. The molecule has 5 aromatic rings. The molecule has 5 heterocycles. The predicted octanol–water partition coefficient (Wildman–Crippen LogP) is 4.52. The van der Waals surface area contributed by atoms with Crippen LogP contribution in [-0.4, -0.2) is 29.5 Å². The number of hydrogen-bond acceptors (Lipinski definition) is 6. The molecule has 6 nitrogen and oxygen atoms in total. The van der Waals surface area contributed by atoms with Crippen molar-refractivity contribution in [3.63, 3.8) is 0 Å². The summed E-state index contributed by atoms with van der Waals surface area (Å²) >= 11 is 1.60. The number of hydrogen-bond donors (Lipinski definition) is 0. The van der Waals surface area contributed by atoms with Gasteiger partial charge in [-0.1, -0.05) is 6.07 Å². The summed E-state index contributed by atoms with van der Waals surface area (Å²) in [6, 6.07) is 10.1. The lowest BCUT2D eigenvalue weighted by Gasteiger charge is -2.07. The van der Waals surface area contributed by atoms with Crippen molar-refractivity contribution in [1.82, 2.24) is 29.5 Å². The summed E-state index contributed by atoms with van der Waals surface area (Å²) in [4.78, 5) is 23.5. The van der Waals surface area contributed by atoms with Crippen molar-refractivity contribution in [2.45, 2.75) is 6.92 Å². The molecule has 0 spiro atoms. The van der Waals surface area contributed by atoms with Crippen molar-refractivity contribution in [3.05, 3.63) is 67.1 Å². The first-order valence-corrected chi connectivity index (χ1v) is 9.63. The van der Waals surface area contributed by atoms with Crippen LogP contribution in [0.1, 0.15) is 5.69 Å². The lowest BCUT2D eigenvalue weighted by molar-refractivity contribution is 0.968. The molecule has 0 aromatic carbocycles. The Bertz CT molecular complexity index is 1270. The van der Waals surface area contributed by atoms with Gasteiger partial charge in [0.25, 0.3) is 0 Å². The number of aryl methyl sites for hydroxylation is 2. The van der Waals surface area contributed by atoms with E-state index < -0.39 is 0 Å². The molecule has 0 saturated heterocycles. The largest absolute Gasteiger partial charge is 0.350 e. The summed E-state index contributed by atoms with van der Waals surface area (Å²) in [5, 5.41) is 1.98. The molecule has 0 bridgehead atoms. The van der Waals surface area contributed by atoms with Crippen LogP contribution in [0.25, 0.3) is 43.4 Å². The van der Waals surface area contributed by atoms with Crippen molar-refractivity contribution >= 4 is 22.2 Å². The fourth-order valence-corrected chi connectivity index (χ4v) is 4.25. The number of rotatable bonds is 3. The van der Waals surface area contributed by atoms with E-state index in [9.17, 15) is 0 Å². The minimum Gasteiger partial charge on any atom is -0.350 e. The number of fused-ring (bicyclic) bond motifs is 1. The molecule has 0 unspecified atom stereocenters.